The van der Waals surface area contributed by atoms with Gasteiger partial charge in [0.15, 0.2) is 5.82 Å². The summed E-state index contributed by atoms with van der Waals surface area (Å²) in [6.45, 7) is 2.08. The Bertz CT molecular complexity index is 530. The molecule has 0 saturated carbocycles. The van der Waals surface area contributed by atoms with E-state index in [0.29, 0.717) is 22.4 Å². The van der Waals surface area contributed by atoms with E-state index in [1.165, 1.54) is 0 Å². The van der Waals surface area contributed by atoms with Crippen LogP contribution in [-0.4, -0.2) is 10.1 Å². The minimum Gasteiger partial charge on any atom is -0.398 e. The normalized spacial score (nSPS) is 10.8. The van der Waals surface area contributed by atoms with Gasteiger partial charge in [0, 0.05) is 22.0 Å². The molecular formula is C12H14ClN3OS. The average molecular weight is 284 g/mol. The molecule has 18 heavy (non-hydrogen) atoms. The SMILES string of the molecule is CCCc1noc(CSc2cc(Cl)ccc2N)n1. The van der Waals surface area contributed by atoms with Gasteiger partial charge in [-0.2, -0.15) is 4.98 Å². The van der Waals surface area contributed by atoms with Crippen molar-refractivity contribution >= 4 is 29.1 Å². The maximum Gasteiger partial charge on any atom is 0.237 e. The minimum atomic E-state index is 0.598. The number of thioether (sulfide) groups is 1. The first-order chi connectivity index (χ1) is 8.69. The van der Waals surface area contributed by atoms with E-state index in [-0.39, 0.29) is 0 Å². The van der Waals surface area contributed by atoms with E-state index in [4.69, 9.17) is 21.9 Å². The van der Waals surface area contributed by atoms with Gasteiger partial charge >= 0.3 is 0 Å². The van der Waals surface area contributed by atoms with Crippen LogP contribution in [0.15, 0.2) is 27.6 Å². The highest BCUT2D eigenvalue weighted by molar-refractivity contribution is 7.98. The van der Waals surface area contributed by atoms with Crippen molar-refractivity contribution in [3.8, 4) is 0 Å². The summed E-state index contributed by atoms with van der Waals surface area (Å²) in [4.78, 5) is 5.22. The standard InChI is InChI=1S/C12H14ClN3OS/c1-2-3-11-15-12(17-16-11)7-18-10-6-8(13)4-5-9(10)14/h4-6H,2-3,7,14H2,1H3. The molecule has 2 aromatic rings. The molecule has 1 aromatic carbocycles. The Kier molecular flexibility index (Phi) is 4.49. The topological polar surface area (TPSA) is 64.9 Å². The summed E-state index contributed by atoms with van der Waals surface area (Å²) in [5.74, 6) is 1.97. The zero-order chi connectivity index (χ0) is 13.0. The summed E-state index contributed by atoms with van der Waals surface area (Å²) in [5, 5.41) is 4.57. The number of nitrogens with two attached hydrogens (primary N) is 1. The van der Waals surface area contributed by atoms with Crippen LogP contribution in [0.25, 0.3) is 0 Å². The van der Waals surface area contributed by atoms with E-state index in [1.807, 2.05) is 6.07 Å². The molecule has 1 heterocycles. The van der Waals surface area contributed by atoms with E-state index in [2.05, 4.69) is 17.1 Å². The number of anilines is 1. The molecule has 6 heteroatoms. The number of halogens is 1. The zero-order valence-corrected chi connectivity index (χ0v) is 11.6. The summed E-state index contributed by atoms with van der Waals surface area (Å²) in [7, 11) is 0. The van der Waals surface area contributed by atoms with Gasteiger partial charge in [0.1, 0.15) is 0 Å². The van der Waals surface area contributed by atoms with Crippen LogP contribution in [0.1, 0.15) is 25.1 Å². The second kappa shape index (κ2) is 6.11. The number of aromatic nitrogens is 2. The summed E-state index contributed by atoms with van der Waals surface area (Å²) >= 11 is 7.46. The lowest BCUT2D eigenvalue weighted by molar-refractivity contribution is 0.384. The van der Waals surface area contributed by atoms with E-state index >= 15 is 0 Å². The van der Waals surface area contributed by atoms with Crippen molar-refractivity contribution in [2.45, 2.75) is 30.4 Å². The van der Waals surface area contributed by atoms with Crippen molar-refractivity contribution in [1.29, 1.82) is 0 Å². The fraction of sp³-hybridized carbons (Fsp3) is 0.333. The van der Waals surface area contributed by atoms with Crippen molar-refractivity contribution in [3.63, 3.8) is 0 Å². The maximum absolute atomic E-state index is 5.92. The van der Waals surface area contributed by atoms with E-state index in [9.17, 15) is 0 Å². The monoisotopic (exact) mass is 283 g/mol. The Labute approximate surface area is 115 Å². The molecule has 2 rings (SSSR count). The van der Waals surface area contributed by atoms with Gasteiger partial charge in [-0.15, -0.1) is 11.8 Å². The van der Waals surface area contributed by atoms with E-state index < -0.39 is 0 Å². The number of hydrogen-bond acceptors (Lipinski definition) is 5. The Morgan fingerprint density at radius 1 is 1.44 bits per heavy atom. The molecule has 96 valence electrons. The van der Waals surface area contributed by atoms with Crippen LogP contribution in [0.2, 0.25) is 5.02 Å². The number of nitrogen functional groups attached to an aromatic ring is 1. The Balaban J connectivity index is 1.99. The summed E-state index contributed by atoms with van der Waals surface area (Å²) in [6, 6.07) is 5.40. The van der Waals surface area contributed by atoms with Crippen LogP contribution in [0.4, 0.5) is 5.69 Å². The van der Waals surface area contributed by atoms with Crippen LogP contribution in [0.5, 0.6) is 0 Å². The first-order valence-corrected chi connectivity index (χ1v) is 7.04. The molecule has 0 aliphatic heterocycles. The van der Waals surface area contributed by atoms with Gasteiger partial charge in [-0.1, -0.05) is 23.7 Å². The lowest BCUT2D eigenvalue weighted by Crippen LogP contribution is -1.89. The third-order valence-electron chi connectivity index (χ3n) is 2.31. The first-order valence-electron chi connectivity index (χ1n) is 5.68. The molecule has 1 aromatic heterocycles. The summed E-state index contributed by atoms with van der Waals surface area (Å²) < 4.78 is 5.15. The van der Waals surface area contributed by atoms with Gasteiger partial charge in [-0.05, 0) is 24.6 Å². The van der Waals surface area contributed by atoms with Gasteiger partial charge in [0.05, 0.1) is 5.75 Å². The lowest BCUT2D eigenvalue weighted by atomic mass is 10.3. The van der Waals surface area contributed by atoms with Crippen LogP contribution >= 0.6 is 23.4 Å². The molecule has 0 fully saturated rings. The van der Waals surface area contributed by atoms with Gasteiger partial charge in [0.25, 0.3) is 0 Å². The molecular weight excluding hydrogens is 270 g/mol. The maximum atomic E-state index is 5.92. The predicted molar refractivity (Wildman–Crippen MR) is 73.7 cm³/mol. The van der Waals surface area contributed by atoms with Crippen LogP contribution in [0, 0.1) is 0 Å². The van der Waals surface area contributed by atoms with Crippen LogP contribution in [-0.2, 0) is 12.2 Å². The number of nitrogens with zero attached hydrogens (tertiary/aromatic N) is 2. The Morgan fingerprint density at radius 3 is 3.06 bits per heavy atom. The highest BCUT2D eigenvalue weighted by Gasteiger charge is 2.08. The molecule has 0 spiro atoms. The molecule has 0 atom stereocenters. The Hall–Kier alpha value is -1.20. The minimum absolute atomic E-state index is 0.598. The molecule has 0 saturated heterocycles. The van der Waals surface area contributed by atoms with Gasteiger partial charge < -0.3 is 10.3 Å². The number of rotatable bonds is 5. The van der Waals surface area contributed by atoms with Gasteiger partial charge in [-0.3, -0.25) is 0 Å². The molecule has 0 unspecified atom stereocenters. The number of benzene rings is 1. The van der Waals surface area contributed by atoms with Crippen LogP contribution < -0.4 is 5.73 Å². The fourth-order valence-corrected chi connectivity index (χ4v) is 2.52. The van der Waals surface area contributed by atoms with E-state index in [1.54, 1.807) is 23.9 Å². The zero-order valence-electron chi connectivity index (χ0n) is 10.0. The summed E-state index contributed by atoms with van der Waals surface area (Å²) in [6.07, 6.45) is 1.85. The van der Waals surface area contributed by atoms with Crippen molar-refractivity contribution in [2.24, 2.45) is 0 Å². The quantitative estimate of drug-likeness (QED) is 0.671. The van der Waals surface area contributed by atoms with Gasteiger partial charge in [0.2, 0.25) is 5.89 Å². The molecule has 0 aliphatic carbocycles. The third-order valence-corrected chi connectivity index (χ3v) is 3.60. The molecule has 2 N–H and O–H groups in total. The second-order valence-corrected chi connectivity index (χ2v) is 5.28. The highest BCUT2D eigenvalue weighted by atomic mass is 35.5. The van der Waals surface area contributed by atoms with Crippen molar-refractivity contribution < 1.29 is 4.52 Å². The van der Waals surface area contributed by atoms with Crippen molar-refractivity contribution in [1.82, 2.24) is 10.1 Å². The fourth-order valence-electron chi connectivity index (χ4n) is 1.45. The molecule has 0 radical (unpaired) electrons. The summed E-state index contributed by atoms with van der Waals surface area (Å²) in [5.41, 5.74) is 6.57. The Morgan fingerprint density at radius 2 is 2.28 bits per heavy atom. The number of hydrogen-bond donors (Lipinski definition) is 1. The lowest BCUT2D eigenvalue weighted by Gasteiger charge is -2.03. The third kappa shape index (κ3) is 3.40. The van der Waals surface area contributed by atoms with Crippen LogP contribution in [0.3, 0.4) is 0 Å². The molecule has 0 aliphatic rings. The van der Waals surface area contributed by atoms with Gasteiger partial charge in [-0.25, -0.2) is 0 Å². The average Bonchev–Trinajstić information content (AvgIpc) is 2.79. The predicted octanol–water partition coefficient (Wildman–Crippen LogP) is 3.55. The second-order valence-electron chi connectivity index (χ2n) is 3.83. The number of aryl methyl sites for hydroxylation is 1. The molecule has 0 bridgehead atoms. The smallest absolute Gasteiger partial charge is 0.237 e. The largest absolute Gasteiger partial charge is 0.398 e. The highest BCUT2D eigenvalue weighted by Crippen LogP contribution is 2.30. The van der Waals surface area contributed by atoms with Crippen molar-refractivity contribution in [3.05, 3.63) is 34.9 Å². The van der Waals surface area contributed by atoms with E-state index in [0.717, 1.165) is 23.6 Å². The van der Waals surface area contributed by atoms with Crippen molar-refractivity contribution in [2.75, 3.05) is 5.73 Å². The molecule has 0 amide bonds. The molecule has 4 nitrogen and oxygen atoms in total. The first kappa shape index (κ1) is 13.2.